The first-order valence-corrected chi connectivity index (χ1v) is 11.4. The average Bonchev–Trinajstić information content (AvgIpc) is 3.34. The van der Waals surface area contributed by atoms with Crippen LogP contribution in [0.3, 0.4) is 0 Å². The number of nitrogen functional groups attached to an aromatic ring is 1. The number of anilines is 1. The third-order valence-electron chi connectivity index (χ3n) is 4.52. The first-order chi connectivity index (χ1) is 14.8. The zero-order valence-electron chi connectivity index (χ0n) is 15.2. The second kappa shape index (κ2) is 8.41. The van der Waals surface area contributed by atoms with Gasteiger partial charge < -0.3 is 21.4 Å². The van der Waals surface area contributed by atoms with Crippen molar-refractivity contribution in [3.63, 3.8) is 0 Å². The Kier molecular flexibility index (Phi) is 5.83. The van der Waals surface area contributed by atoms with E-state index in [0.29, 0.717) is 27.2 Å². The summed E-state index contributed by atoms with van der Waals surface area (Å²) in [4.78, 5) is 46.6. The van der Waals surface area contributed by atoms with Gasteiger partial charge in [0.1, 0.15) is 16.9 Å². The molecule has 4 heterocycles. The number of thioether (sulfide) groups is 1. The smallest absolute Gasteiger partial charge is 0.353 e. The van der Waals surface area contributed by atoms with E-state index in [1.165, 1.54) is 11.3 Å². The third-order valence-corrected chi connectivity index (χ3v) is 7.46. The van der Waals surface area contributed by atoms with E-state index in [2.05, 4.69) is 24.8 Å². The molecule has 5 N–H and O–H groups in total. The maximum Gasteiger partial charge on any atom is 0.353 e. The molecule has 4 rings (SSSR count). The predicted octanol–water partition coefficient (Wildman–Crippen LogP) is 0.986. The Morgan fingerprint density at radius 1 is 1.42 bits per heavy atom. The van der Waals surface area contributed by atoms with Crippen molar-refractivity contribution in [1.82, 2.24) is 24.6 Å². The number of carboxylic acids is 1. The number of amides is 2. The molecule has 162 valence electrons. The summed E-state index contributed by atoms with van der Waals surface area (Å²) in [5.41, 5.74) is 4.83. The molecule has 12 nitrogen and oxygen atoms in total. The summed E-state index contributed by atoms with van der Waals surface area (Å²) in [5.74, 6) is -2.90. The number of thiazole rings is 1. The molecular weight excluding hydrogens is 490 g/mol. The molecule has 2 amide bonds. The normalized spacial score (nSPS) is 21.0. The molecule has 2 atom stereocenters. The number of carbonyl (C=O) groups excluding carboxylic acids is 2. The van der Waals surface area contributed by atoms with Gasteiger partial charge in [-0.25, -0.2) is 9.78 Å². The molecule has 0 saturated carbocycles. The lowest BCUT2D eigenvalue weighted by atomic mass is 9.86. The zero-order chi connectivity index (χ0) is 22.3. The van der Waals surface area contributed by atoms with Gasteiger partial charge in [-0.1, -0.05) is 28.5 Å². The minimum absolute atomic E-state index is 0.0740. The molecule has 0 spiro atoms. The Balaban J connectivity index is 1.52. The standard InChI is InChI=1S/C15H12ClN7O5S3/c16-6-3-29-15(18-6)30-5-2-1-4-7(12(25)23(4)9(5)13(26)27)19-11(24)8(21-28)10-20-14(17)31-22-10/h3-4,7,28H,1-2H2,(H,19,24)(H,26,27)(H2,17,20,22)/b21-8-/t4-,7+/m1/s1. The number of hydrogen-bond acceptors (Lipinski definition) is 12. The summed E-state index contributed by atoms with van der Waals surface area (Å²) >= 11 is 9.05. The van der Waals surface area contributed by atoms with E-state index in [9.17, 15) is 19.5 Å². The minimum Gasteiger partial charge on any atom is -0.477 e. The van der Waals surface area contributed by atoms with Crippen LogP contribution in [0.25, 0.3) is 0 Å². The van der Waals surface area contributed by atoms with Crippen molar-refractivity contribution >= 4 is 74.9 Å². The number of fused-ring (bicyclic) bond motifs is 1. The number of rotatable bonds is 6. The lowest BCUT2D eigenvalue weighted by Crippen LogP contribution is -2.72. The number of oxime groups is 1. The van der Waals surface area contributed by atoms with Crippen LogP contribution in [0, 0.1) is 0 Å². The maximum atomic E-state index is 12.7. The number of carbonyl (C=O) groups is 3. The fourth-order valence-corrected chi connectivity index (χ4v) is 5.90. The van der Waals surface area contributed by atoms with Crippen LogP contribution >= 0.6 is 46.2 Å². The molecule has 1 saturated heterocycles. The van der Waals surface area contributed by atoms with Gasteiger partial charge in [-0.3, -0.25) is 14.5 Å². The lowest BCUT2D eigenvalue weighted by molar-refractivity contribution is -0.155. The molecule has 31 heavy (non-hydrogen) atoms. The highest BCUT2D eigenvalue weighted by atomic mass is 35.5. The van der Waals surface area contributed by atoms with Crippen LogP contribution in [0.4, 0.5) is 5.13 Å². The van der Waals surface area contributed by atoms with Crippen LogP contribution in [0.5, 0.6) is 0 Å². The molecule has 2 aromatic rings. The van der Waals surface area contributed by atoms with E-state index in [0.717, 1.165) is 28.2 Å². The number of aliphatic carboxylic acids is 1. The second-order valence-electron chi connectivity index (χ2n) is 6.29. The second-order valence-corrected chi connectivity index (χ2v) is 9.66. The van der Waals surface area contributed by atoms with E-state index in [1.54, 1.807) is 5.38 Å². The molecule has 16 heteroatoms. The molecular formula is C15H12ClN7O5S3. The summed E-state index contributed by atoms with van der Waals surface area (Å²) in [6.07, 6.45) is 0.790. The first-order valence-electron chi connectivity index (χ1n) is 8.51. The van der Waals surface area contributed by atoms with Crippen molar-refractivity contribution in [2.24, 2.45) is 5.16 Å². The number of aromatic nitrogens is 3. The van der Waals surface area contributed by atoms with Crippen molar-refractivity contribution in [2.45, 2.75) is 29.3 Å². The summed E-state index contributed by atoms with van der Waals surface area (Å²) < 4.78 is 4.37. The molecule has 2 aromatic heterocycles. The molecule has 0 aromatic carbocycles. The van der Waals surface area contributed by atoms with Crippen molar-refractivity contribution in [2.75, 3.05) is 5.73 Å². The van der Waals surface area contributed by atoms with Crippen LogP contribution < -0.4 is 11.1 Å². The predicted molar refractivity (Wildman–Crippen MR) is 112 cm³/mol. The van der Waals surface area contributed by atoms with Gasteiger partial charge in [0.25, 0.3) is 11.8 Å². The van der Waals surface area contributed by atoms with Gasteiger partial charge in [-0.05, 0) is 12.8 Å². The summed E-state index contributed by atoms with van der Waals surface area (Å²) in [6.45, 7) is 0. The van der Waals surface area contributed by atoms with Crippen LogP contribution in [0.15, 0.2) is 25.5 Å². The van der Waals surface area contributed by atoms with E-state index < -0.39 is 35.6 Å². The number of carboxylic acid groups (broad SMARTS) is 1. The fourth-order valence-electron chi connectivity index (χ4n) is 3.25. The minimum atomic E-state index is -1.26. The Morgan fingerprint density at radius 3 is 2.77 bits per heavy atom. The molecule has 0 radical (unpaired) electrons. The van der Waals surface area contributed by atoms with Crippen LogP contribution in [0.1, 0.15) is 18.7 Å². The van der Waals surface area contributed by atoms with Gasteiger partial charge in [-0.2, -0.15) is 9.36 Å². The molecule has 0 unspecified atom stereocenters. The van der Waals surface area contributed by atoms with Crippen molar-refractivity contribution in [1.29, 1.82) is 0 Å². The number of nitrogens with zero attached hydrogens (tertiary/aromatic N) is 5. The highest BCUT2D eigenvalue weighted by Gasteiger charge is 2.54. The Labute approximate surface area is 191 Å². The Morgan fingerprint density at radius 2 is 2.19 bits per heavy atom. The van der Waals surface area contributed by atoms with Gasteiger partial charge in [0, 0.05) is 21.8 Å². The molecule has 2 aliphatic heterocycles. The fraction of sp³-hybridized carbons (Fsp3) is 0.267. The molecule has 0 aliphatic carbocycles. The van der Waals surface area contributed by atoms with E-state index in [4.69, 9.17) is 22.5 Å². The summed E-state index contributed by atoms with van der Waals surface area (Å²) in [7, 11) is 0. The maximum absolute atomic E-state index is 12.7. The summed E-state index contributed by atoms with van der Waals surface area (Å²) in [6, 6.07) is -1.53. The molecule has 0 bridgehead atoms. The summed E-state index contributed by atoms with van der Waals surface area (Å²) in [5, 5.41) is 26.2. The van der Waals surface area contributed by atoms with Gasteiger partial charge in [0.05, 0.1) is 6.04 Å². The average molecular weight is 502 g/mol. The first kappa shape index (κ1) is 21.5. The number of nitrogens with one attached hydrogen (secondary N) is 1. The van der Waals surface area contributed by atoms with Gasteiger partial charge >= 0.3 is 5.97 Å². The van der Waals surface area contributed by atoms with Gasteiger partial charge in [0.2, 0.25) is 11.5 Å². The Bertz CT molecular complexity index is 1150. The monoisotopic (exact) mass is 501 g/mol. The van der Waals surface area contributed by atoms with E-state index >= 15 is 0 Å². The van der Waals surface area contributed by atoms with Crippen LogP contribution in [0.2, 0.25) is 5.15 Å². The number of hydrogen-bond donors (Lipinski definition) is 4. The quantitative estimate of drug-likeness (QED) is 0.192. The molecule has 1 fully saturated rings. The largest absolute Gasteiger partial charge is 0.477 e. The van der Waals surface area contributed by atoms with Crippen LogP contribution in [-0.4, -0.2) is 65.1 Å². The lowest BCUT2D eigenvalue weighted by Gasteiger charge is -2.49. The van der Waals surface area contributed by atoms with Gasteiger partial charge in [-0.15, -0.1) is 11.3 Å². The highest BCUT2D eigenvalue weighted by molar-refractivity contribution is 8.04. The van der Waals surface area contributed by atoms with E-state index in [-0.39, 0.29) is 16.7 Å². The topological polar surface area (TPSA) is 184 Å². The number of allylic oxidation sites excluding steroid dienone is 1. The molecule has 2 aliphatic rings. The van der Waals surface area contributed by atoms with E-state index in [1.807, 2.05) is 0 Å². The van der Waals surface area contributed by atoms with Crippen molar-refractivity contribution < 1.29 is 24.7 Å². The SMILES string of the molecule is Nc1nc(/C(=N/O)C(=O)N[C@@H]2C(=O)N3C(C(=O)O)=C(Sc4nc(Cl)cs4)CC[C@H]23)ns1. The number of β-lactam (4-membered cyclic amide) rings is 1. The number of halogens is 1. The van der Waals surface area contributed by atoms with Crippen molar-refractivity contribution in [3.8, 4) is 0 Å². The van der Waals surface area contributed by atoms with Crippen LogP contribution in [-0.2, 0) is 14.4 Å². The zero-order valence-corrected chi connectivity index (χ0v) is 18.4. The van der Waals surface area contributed by atoms with Crippen molar-refractivity contribution in [3.05, 3.63) is 27.0 Å². The highest BCUT2D eigenvalue weighted by Crippen LogP contribution is 2.43. The van der Waals surface area contributed by atoms with Gasteiger partial charge in [0.15, 0.2) is 9.47 Å². The third kappa shape index (κ3) is 3.96. The Hall–Kier alpha value is -2.75. The number of nitrogens with two attached hydrogens (primary N) is 1.